The minimum Gasteiger partial charge on any atom is -0.481 e. The van der Waals surface area contributed by atoms with Gasteiger partial charge in [0.2, 0.25) is 0 Å². The molecule has 0 aliphatic heterocycles. The van der Waals surface area contributed by atoms with E-state index in [2.05, 4.69) is 6.92 Å². The van der Waals surface area contributed by atoms with E-state index in [1.807, 2.05) is 13.8 Å². The van der Waals surface area contributed by atoms with Crippen molar-refractivity contribution in [1.82, 2.24) is 0 Å². The van der Waals surface area contributed by atoms with Crippen LogP contribution in [0.3, 0.4) is 0 Å². The summed E-state index contributed by atoms with van der Waals surface area (Å²) in [7, 11) is 0. The number of rotatable bonds is 19. The van der Waals surface area contributed by atoms with Gasteiger partial charge >= 0.3 is 11.9 Å². The Kier molecular flexibility index (Phi) is 16.4. The van der Waals surface area contributed by atoms with E-state index in [9.17, 15) is 14.7 Å². The standard InChI is InChI=1S/C23H44O4/c1-4-5-6-7-8-9-10-11-12-13-14-15-16-17-20(19(2)3)21(23(26)27)18-22(24)25/h19-21H,4-18H2,1-3H3,(H,24,25)(H,26,27). The Balaban J connectivity index is 3.78. The second-order valence-electron chi connectivity index (χ2n) is 8.48. The zero-order valence-corrected chi connectivity index (χ0v) is 18.0. The molecule has 0 bridgehead atoms. The summed E-state index contributed by atoms with van der Waals surface area (Å²) in [5, 5.41) is 18.4. The molecule has 4 heteroatoms. The topological polar surface area (TPSA) is 74.6 Å². The fourth-order valence-corrected chi connectivity index (χ4v) is 4.01. The van der Waals surface area contributed by atoms with Gasteiger partial charge in [0.05, 0.1) is 12.3 Å². The molecule has 0 heterocycles. The Morgan fingerprint density at radius 2 is 1.11 bits per heavy atom. The van der Waals surface area contributed by atoms with Crippen LogP contribution < -0.4 is 0 Å². The van der Waals surface area contributed by atoms with Crippen LogP contribution in [0.1, 0.15) is 117 Å². The van der Waals surface area contributed by atoms with Gasteiger partial charge in [0.25, 0.3) is 0 Å². The van der Waals surface area contributed by atoms with Crippen molar-refractivity contribution in [3.8, 4) is 0 Å². The van der Waals surface area contributed by atoms with Crippen molar-refractivity contribution in [2.24, 2.45) is 17.8 Å². The van der Waals surface area contributed by atoms with E-state index in [0.29, 0.717) is 0 Å². The smallest absolute Gasteiger partial charge is 0.307 e. The maximum absolute atomic E-state index is 11.5. The highest BCUT2D eigenvalue weighted by Crippen LogP contribution is 2.30. The Bertz CT molecular complexity index is 379. The Hall–Kier alpha value is -1.06. The van der Waals surface area contributed by atoms with Crippen LogP contribution in [-0.4, -0.2) is 22.2 Å². The normalized spacial score (nSPS) is 13.6. The molecule has 0 amide bonds. The molecule has 0 radical (unpaired) electrons. The van der Waals surface area contributed by atoms with E-state index in [0.717, 1.165) is 19.3 Å². The first-order valence-corrected chi connectivity index (χ1v) is 11.3. The molecule has 2 unspecified atom stereocenters. The second-order valence-corrected chi connectivity index (χ2v) is 8.48. The largest absolute Gasteiger partial charge is 0.481 e. The minimum atomic E-state index is -1.02. The average Bonchev–Trinajstić information content (AvgIpc) is 2.60. The summed E-state index contributed by atoms with van der Waals surface area (Å²) in [6.07, 6.45) is 17.4. The molecular formula is C23H44O4. The first kappa shape index (κ1) is 25.9. The number of carboxylic acids is 2. The predicted molar refractivity (Wildman–Crippen MR) is 112 cm³/mol. The Morgan fingerprint density at radius 1 is 0.704 bits per heavy atom. The van der Waals surface area contributed by atoms with Gasteiger partial charge in [-0.05, 0) is 18.3 Å². The third-order valence-corrected chi connectivity index (χ3v) is 5.73. The van der Waals surface area contributed by atoms with Crippen molar-refractivity contribution in [3.63, 3.8) is 0 Å². The second kappa shape index (κ2) is 17.1. The number of aliphatic carboxylic acids is 2. The van der Waals surface area contributed by atoms with E-state index >= 15 is 0 Å². The highest BCUT2D eigenvalue weighted by molar-refractivity contribution is 5.78. The van der Waals surface area contributed by atoms with Gasteiger partial charge < -0.3 is 10.2 Å². The molecule has 160 valence electrons. The molecule has 0 aromatic rings. The summed E-state index contributed by atoms with van der Waals surface area (Å²) in [5.41, 5.74) is 0. The SMILES string of the molecule is CCCCCCCCCCCCCCCC(C(C)C)C(CC(=O)O)C(=O)O. The van der Waals surface area contributed by atoms with E-state index < -0.39 is 17.9 Å². The molecule has 0 saturated carbocycles. The fourth-order valence-electron chi connectivity index (χ4n) is 4.01. The van der Waals surface area contributed by atoms with Gasteiger partial charge in [-0.25, -0.2) is 0 Å². The maximum atomic E-state index is 11.5. The van der Waals surface area contributed by atoms with Gasteiger partial charge in [0.1, 0.15) is 0 Å². The van der Waals surface area contributed by atoms with Crippen LogP contribution in [0.5, 0.6) is 0 Å². The van der Waals surface area contributed by atoms with Crippen LogP contribution in [0.2, 0.25) is 0 Å². The molecule has 0 aliphatic rings. The van der Waals surface area contributed by atoms with Crippen LogP contribution in [0.15, 0.2) is 0 Å². The highest BCUT2D eigenvalue weighted by Gasteiger charge is 2.31. The number of carboxylic acid groups (broad SMARTS) is 2. The van der Waals surface area contributed by atoms with Crippen molar-refractivity contribution >= 4 is 11.9 Å². The van der Waals surface area contributed by atoms with Gasteiger partial charge in [-0.2, -0.15) is 0 Å². The molecule has 0 fully saturated rings. The summed E-state index contributed by atoms with van der Waals surface area (Å²) < 4.78 is 0. The zero-order valence-electron chi connectivity index (χ0n) is 18.0. The number of hydrogen-bond acceptors (Lipinski definition) is 2. The van der Waals surface area contributed by atoms with Gasteiger partial charge in [0.15, 0.2) is 0 Å². The van der Waals surface area contributed by atoms with Gasteiger partial charge in [-0.3, -0.25) is 9.59 Å². The molecule has 0 spiro atoms. The van der Waals surface area contributed by atoms with Gasteiger partial charge in [-0.15, -0.1) is 0 Å². The predicted octanol–water partition coefficient (Wildman–Crippen LogP) is 6.92. The fraction of sp³-hybridized carbons (Fsp3) is 0.913. The maximum Gasteiger partial charge on any atom is 0.307 e. The van der Waals surface area contributed by atoms with Gasteiger partial charge in [0, 0.05) is 0 Å². The molecule has 0 rings (SSSR count). The lowest BCUT2D eigenvalue weighted by Crippen LogP contribution is -2.29. The van der Waals surface area contributed by atoms with Crippen molar-refractivity contribution < 1.29 is 19.8 Å². The molecule has 2 atom stereocenters. The monoisotopic (exact) mass is 384 g/mol. The lowest BCUT2D eigenvalue weighted by atomic mass is 9.78. The molecule has 4 nitrogen and oxygen atoms in total. The van der Waals surface area contributed by atoms with Crippen molar-refractivity contribution in [3.05, 3.63) is 0 Å². The van der Waals surface area contributed by atoms with Crippen molar-refractivity contribution in [2.45, 2.75) is 117 Å². The summed E-state index contributed by atoms with van der Waals surface area (Å²) >= 11 is 0. The van der Waals surface area contributed by atoms with Crippen LogP contribution in [-0.2, 0) is 9.59 Å². The lowest BCUT2D eigenvalue weighted by Gasteiger charge is -2.26. The molecular weight excluding hydrogens is 340 g/mol. The van der Waals surface area contributed by atoms with Crippen molar-refractivity contribution in [1.29, 1.82) is 0 Å². The Morgan fingerprint density at radius 3 is 1.44 bits per heavy atom. The summed E-state index contributed by atoms with van der Waals surface area (Å²) in [5.74, 6) is -2.60. The molecule has 27 heavy (non-hydrogen) atoms. The molecule has 2 N–H and O–H groups in total. The van der Waals surface area contributed by atoms with Crippen LogP contribution in [0.4, 0.5) is 0 Å². The molecule has 0 aromatic heterocycles. The van der Waals surface area contributed by atoms with Crippen LogP contribution in [0, 0.1) is 17.8 Å². The summed E-state index contributed by atoms with van der Waals surface area (Å²) in [4.78, 5) is 22.4. The number of carbonyl (C=O) groups is 2. The molecule has 0 aromatic carbocycles. The van der Waals surface area contributed by atoms with E-state index in [4.69, 9.17) is 5.11 Å². The number of hydrogen-bond donors (Lipinski definition) is 2. The summed E-state index contributed by atoms with van der Waals surface area (Å²) in [6, 6.07) is 0. The first-order chi connectivity index (χ1) is 12.9. The molecule has 0 saturated heterocycles. The lowest BCUT2D eigenvalue weighted by molar-refractivity contribution is -0.151. The van der Waals surface area contributed by atoms with Crippen LogP contribution in [0.25, 0.3) is 0 Å². The minimum absolute atomic E-state index is 0.0497. The van der Waals surface area contributed by atoms with Crippen molar-refractivity contribution in [2.75, 3.05) is 0 Å². The Labute approximate surface area is 167 Å². The molecule has 0 aliphatic carbocycles. The van der Waals surface area contributed by atoms with E-state index in [1.54, 1.807) is 0 Å². The number of unbranched alkanes of at least 4 members (excludes halogenated alkanes) is 12. The summed E-state index contributed by atoms with van der Waals surface area (Å²) in [6.45, 7) is 6.26. The third-order valence-electron chi connectivity index (χ3n) is 5.73. The van der Waals surface area contributed by atoms with Crippen LogP contribution >= 0.6 is 0 Å². The van der Waals surface area contributed by atoms with E-state index in [-0.39, 0.29) is 18.3 Å². The average molecular weight is 385 g/mol. The van der Waals surface area contributed by atoms with E-state index in [1.165, 1.54) is 70.6 Å². The first-order valence-electron chi connectivity index (χ1n) is 11.3. The highest BCUT2D eigenvalue weighted by atomic mass is 16.4. The third kappa shape index (κ3) is 14.6. The zero-order chi connectivity index (χ0) is 20.5. The van der Waals surface area contributed by atoms with Gasteiger partial charge in [-0.1, -0.05) is 104 Å². The quantitative estimate of drug-likeness (QED) is 0.237.